The van der Waals surface area contributed by atoms with Crippen LogP contribution in [0.2, 0.25) is 0 Å². The van der Waals surface area contributed by atoms with E-state index in [4.69, 9.17) is 9.47 Å². The first-order valence-corrected chi connectivity index (χ1v) is 7.86. The van der Waals surface area contributed by atoms with Gasteiger partial charge in [-0.2, -0.15) is 0 Å². The van der Waals surface area contributed by atoms with Crippen LogP contribution < -0.4 is 14.4 Å². The van der Waals surface area contributed by atoms with Crippen LogP contribution in [-0.4, -0.2) is 24.2 Å². The van der Waals surface area contributed by atoms with Crippen LogP contribution in [0, 0.1) is 13.8 Å². The fraction of sp³-hybridized carbons (Fsp3) is 0.250. The van der Waals surface area contributed by atoms with Crippen LogP contribution in [-0.2, 0) is 0 Å². The summed E-state index contributed by atoms with van der Waals surface area (Å²) in [5.41, 5.74) is 3.09. The lowest BCUT2D eigenvalue weighted by molar-refractivity contribution is 0.174. The topological polar surface area (TPSA) is 47.0 Å². The Hall–Kier alpha value is -2.34. The lowest BCUT2D eigenvalue weighted by Gasteiger charge is -2.22. The van der Waals surface area contributed by atoms with E-state index in [2.05, 4.69) is 14.9 Å². The van der Waals surface area contributed by atoms with E-state index in [0.717, 1.165) is 38.5 Å². The van der Waals surface area contributed by atoms with E-state index < -0.39 is 0 Å². The zero-order chi connectivity index (χ0) is 15.1. The molecule has 0 aliphatic carbocycles. The highest BCUT2D eigenvalue weighted by Crippen LogP contribution is 2.36. The van der Waals surface area contributed by atoms with Gasteiger partial charge >= 0.3 is 0 Å². The minimum Gasteiger partial charge on any atom is -0.454 e. The van der Waals surface area contributed by atoms with Crippen molar-refractivity contribution in [1.82, 2.24) is 4.98 Å². The van der Waals surface area contributed by atoms with Gasteiger partial charge in [-0.25, -0.2) is 4.98 Å². The van der Waals surface area contributed by atoms with Gasteiger partial charge in [-0.3, -0.25) is 4.99 Å². The average Bonchev–Trinajstić information content (AvgIpc) is 3.12. The minimum atomic E-state index is 0.293. The van der Waals surface area contributed by atoms with Gasteiger partial charge in [0.1, 0.15) is 6.67 Å². The van der Waals surface area contributed by atoms with E-state index in [1.165, 1.54) is 0 Å². The van der Waals surface area contributed by atoms with Crippen LogP contribution in [0.15, 0.2) is 35.5 Å². The summed E-state index contributed by atoms with van der Waals surface area (Å²) in [6, 6.07) is 5.93. The van der Waals surface area contributed by atoms with Crippen LogP contribution in [0.3, 0.4) is 0 Å². The van der Waals surface area contributed by atoms with Gasteiger partial charge in [0.2, 0.25) is 6.79 Å². The van der Waals surface area contributed by atoms with Gasteiger partial charge in [-0.1, -0.05) is 0 Å². The van der Waals surface area contributed by atoms with Crippen molar-refractivity contribution >= 4 is 22.7 Å². The molecule has 0 atom stereocenters. The third-order valence-corrected chi connectivity index (χ3v) is 4.73. The number of aliphatic imine (C=N–C) groups is 1. The highest BCUT2D eigenvalue weighted by atomic mass is 32.1. The highest BCUT2D eigenvalue weighted by Gasteiger charge is 2.17. The zero-order valence-electron chi connectivity index (χ0n) is 12.4. The van der Waals surface area contributed by atoms with Gasteiger partial charge in [0.15, 0.2) is 11.5 Å². The zero-order valence-corrected chi connectivity index (χ0v) is 13.2. The molecule has 0 saturated heterocycles. The van der Waals surface area contributed by atoms with E-state index in [-0.39, 0.29) is 0 Å². The summed E-state index contributed by atoms with van der Waals surface area (Å²) in [7, 11) is 0. The molecule has 2 aliphatic heterocycles. The molecule has 5 nitrogen and oxygen atoms in total. The first-order valence-electron chi connectivity index (χ1n) is 7.04. The predicted octanol–water partition coefficient (Wildman–Crippen LogP) is 3.27. The molecule has 0 amide bonds. The van der Waals surface area contributed by atoms with Crippen molar-refractivity contribution in [2.24, 2.45) is 4.99 Å². The first-order chi connectivity index (χ1) is 10.7. The molecule has 1 aromatic heterocycles. The quantitative estimate of drug-likeness (QED) is 0.854. The molecule has 0 fully saturated rings. The number of ether oxygens (including phenoxy) is 2. The fourth-order valence-electron chi connectivity index (χ4n) is 2.56. The molecule has 0 saturated carbocycles. The Morgan fingerprint density at radius 3 is 2.77 bits per heavy atom. The molecule has 0 N–H and O–H groups in total. The van der Waals surface area contributed by atoms with Crippen LogP contribution in [0.4, 0.5) is 5.69 Å². The maximum atomic E-state index is 5.42. The predicted molar refractivity (Wildman–Crippen MR) is 87.2 cm³/mol. The Labute approximate surface area is 132 Å². The normalized spacial score (nSPS) is 16.1. The second-order valence-corrected chi connectivity index (χ2v) is 6.36. The van der Waals surface area contributed by atoms with Crippen LogP contribution in [0.5, 0.6) is 11.5 Å². The lowest BCUT2D eigenvalue weighted by atomic mass is 10.2. The van der Waals surface area contributed by atoms with Crippen LogP contribution in [0.1, 0.15) is 15.6 Å². The number of fused-ring (bicyclic) bond motifs is 1. The van der Waals surface area contributed by atoms with Gasteiger partial charge in [0.05, 0.1) is 21.3 Å². The van der Waals surface area contributed by atoms with Crippen LogP contribution >= 0.6 is 11.3 Å². The van der Waals surface area contributed by atoms with Crippen molar-refractivity contribution in [3.63, 3.8) is 0 Å². The van der Waals surface area contributed by atoms with Crippen molar-refractivity contribution in [1.29, 1.82) is 0 Å². The van der Waals surface area contributed by atoms with E-state index in [1.54, 1.807) is 11.3 Å². The standard InChI is InChI=1S/C16H15N3O2S/c1-10-16(22-11(2)18-10)13-5-6-19(8-17-13)12-3-4-14-15(7-12)21-9-20-14/h3-7H,8-9H2,1-2H3. The summed E-state index contributed by atoms with van der Waals surface area (Å²) in [5.74, 6) is 1.58. The molecule has 0 unspecified atom stereocenters. The van der Waals surface area contributed by atoms with Gasteiger partial charge in [-0.05, 0) is 32.1 Å². The van der Waals surface area contributed by atoms with Gasteiger partial charge in [0, 0.05) is 18.0 Å². The molecule has 0 bridgehead atoms. The van der Waals surface area contributed by atoms with Gasteiger partial charge in [-0.15, -0.1) is 11.3 Å². The molecule has 0 spiro atoms. The Balaban J connectivity index is 1.57. The smallest absolute Gasteiger partial charge is 0.231 e. The van der Waals surface area contributed by atoms with Crippen molar-refractivity contribution < 1.29 is 9.47 Å². The number of nitrogens with zero attached hydrogens (tertiary/aromatic N) is 3. The number of hydrogen-bond acceptors (Lipinski definition) is 6. The number of anilines is 1. The van der Waals surface area contributed by atoms with E-state index in [9.17, 15) is 0 Å². The number of aromatic nitrogens is 1. The lowest BCUT2D eigenvalue weighted by Crippen LogP contribution is -2.21. The molecular weight excluding hydrogens is 298 g/mol. The molecular formula is C16H15N3O2S. The SMILES string of the molecule is Cc1nc(C)c(C2=NCN(c3ccc4c(c3)OCO4)C=C2)s1. The molecule has 6 heteroatoms. The largest absolute Gasteiger partial charge is 0.454 e. The second-order valence-electron chi connectivity index (χ2n) is 5.16. The first kappa shape index (κ1) is 13.3. The molecule has 0 radical (unpaired) electrons. The highest BCUT2D eigenvalue weighted by molar-refractivity contribution is 7.14. The number of benzene rings is 1. The molecule has 1 aromatic carbocycles. The minimum absolute atomic E-state index is 0.293. The Bertz CT molecular complexity index is 795. The Kier molecular flexibility index (Phi) is 3.11. The number of hydrogen-bond donors (Lipinski definition) is 0. The molecule has 112 valence electrons. The Morgan fingerprint density at radius 2 is 2.05 bits per heavy atom. The number of thiazole rings is 1. The maximum Gasteiger partial charge on any atom is 0.231 e. The molecule has 2 aliphatic rings. The maximum absolute atomic E-state index is 5.42. The van der Waals surface area contributed by atoms with E-state index in [0.29, 0.717) is 13.5 Å². The third-order valence-electron chi connectivity index (χ3n) is 3.63. The average molecular weight is 313 g/mol. The summed E-state index contributed by atoms with van der Waals surface area (Å²) in [5, 5.41) is 1.07. The van der Waals surface area contributed by atoms with Crippen molar-refractivity contribution in [3.8, 4) is 11.5 Å². The van der Waals surface area contributed by atoms with Gasteiger partial charge < -0.3 is 14.4 Å². The third kappa shape index (κ3) is 2.25. The monoisotopic (exact) mass is 313 g/mol. The summed E-state index contributed by atoms with van der Waals surface area (Å²) in [6.45, 7) is 4.93. The molecule has 4 rings (SSSR count). The molecule has 2 aromatic rings. The van der Waals surface area contributed by atoms with E-state index >= 15 is 0 Å². The number of aryl methyl sites for hydroxylation is 2. The van der Waals surface area contributed by atoms with Crippen molar-refractivity contribution in [2.75, 3.05) is 18.4 Å². The molecule has 22 heavy (non-hydrogen) atoms. The van der Waals surface area contributed by atoms with Crippen molar-refractivity contribution in [3.05, 3.63) is 46.1 Å². The summed E-state index contributed by atoms with van der Waals surface area (Å²) >= 11 is 1.69. The molecule has 3 heterocycles. The van der Waals surface area contributed by atoms with Crippen LogP contribution in [0.25, 0.3) is 0 Å². The number of allylic oxidation sites excluding steroid dienone is 1. The second kappa shape index (κ2) is 5.14. The summed E-state index contributed by atoms with van der Waals surface area (Å²) in [6.07, 6.45) is 4.09. The fourth-order valence-corrected chi connectivity index (χ4v) is 3.47. The van der Waals surface area contributed by atoms with Gasteiger partial charge in [0.25, 0.3) is 0 Å². The summed E-state index contributed by atoms with van der Waals surface area (Å²) < 4.78 is 10.8. The summed E-state index contributed by atoms with van der Waals surface area (Å²) in [4.78, 5) is 12.4. The van der Waals surface area contributed by atoms with E-state index in [1.807, 2.05) is 44.3 Å². The Morgan fingerprint density at radius 1 is 1.18 bits per heavy atom. The number of rotatable bonds is 2. The van der Waals surface area contributed by atoms with Crippen molar-refractivity contribution in [2.45, 2.75) is 13.8 Å².